The summed E-state index contributed by atoms with van der Waals surface area (Å²) in [6.45, 7) is 3.99. The van der Waals surface area contributed by atoms with Crippen molar-refractivity contribution in [2.45, 2.75) is 31.7 Å². The van der Waals surface area contributed by atoms with Gasteiger partial charge in [-0.2, -0.15) is 0 Å². The number of likely N-dealkylation sites (tertiary alicyclic amines) is 1. The molecule has 98 valence electrons. The van der Waals surface area contributed by atoms with Crippen LogP contribution in [0, 0.1) is 0 Å². The van der Waals surface area contributed by atoms with Crippen LogP contribution in [0.4, 0.5) is 0 Å². The summed E-state index contributed by atoms with van der Waals surface area (Å²) in [5.74, 6) is 0.769. The molecule has 1 saturated heterocycles. The number of nitrogens with zero attached hydrogens (tertiary/aromatic N) is 1. The molecule has 0 radical (unpaired) electrons. The number of benzene rings is 1. The number of nitrogens with one attached hydrogen (secondary N) is 1. The van der Waals surface area contributed by atoms with Gasteiger partial charge in [-0.3, -0.25) is 4.79 Å². The normalized spacial score (nSPS) is 21.3. The SMILES string of the molecule is CNC1CCN(CCC(C)c2ccccc2)C1=O. The van der Waals surface area contributed by atoms with Crippen LogP contribution in [0.3, 0.4) is 0 Å². The van der Waals surface area contributed by atoms with E-state index in [1.165, 1.54) is 5.56 Å². The van der Waals surface area contributed by atoms with Crippen molar-refractivity contribution in [2.24, 2.45) is 0 Å². The van der Waals surface area contributed by atoms with Crippen molar-refractivity contribution in [3.05, 3.63) is 35.9 Å². The molecule has 2 unspecified atom stereocenters. The second kappa shape index (κ2) is 6.01. The highest BCUT2D eigenvalue weighted by molar-refractivity contribution is 5.83. The minimum atomic E-state index is 0.0389. The first-order valence-electron chi connectivity index (χ1n) is 6.73. The Morgan fingerprint density at radius 1 is 1.39 bits per heavy atom. The molecule has 1 amide bonds. The average Bonchev–Trinajstić information content (AvgIpc) is 2.77. The van der Waals surface area contributed by atoms with E-state index < -0.39 is 0 Å². The van der Waals surface area contributed by atoms with Gasteiger partial charge in [0.1, 0.15) is 0 Å². The number of carbonyl (C=O) groups excluding carboxylic acids is 1. The summed E-state index contributed by atoms with van der Waals surface area (Å²) in [6.07, 6.45) is 1.97. The van der Waals surface area contributed by atoms with Gasteiger partial charge in [0.25, 0.3) is 0 Å². The van der Waals surface area contributed by atoms with Crippen LogP contribution in [0.2, 0.25) is 0 Å². The Kier molecular flexibility index (Phi) is 4.37. The van der Waals surface area contributed by atoms with Crippen LogP contribution < -0.4 is 5.32 Å². The lowest BCUT2D eigenvalue weighted by Gasteiger charge is -2.19. The second-order valence-electron chi connectivity index (χ2n) is 5.06. The summed E-state index contributed by atoms with van der Waals surface area (Å²) in [4.78, 5) is 13.9. The predicted molar refractivity (Wildman–Crippen MR) is 73.5 cm³/mol. The number of amides is 1. The zero-order valence-corrected chi connectivity index (χ0v) is 11.2. The minimum Gasteiger partial charge on any atom is -0.341 e. The molecule has 1 aliphatic heterocycles. The zero-order valence-electron chi connectivity index (χ0n) is 11.2. The van der Waals surface area contributed by atoms with Gasteiger partial charge in [0.05, 0.1) is 6.04 Å². The van der Waals surface area contributed by atoms with Crippen LogP contribution in [0.15, 0.2) is 30.3 Å². The Bertz CT molecular complexity index is 391. The highest BCUT2D eigenvalue weighted by Crippen LogP contribution is 2.20. The molecule has 3 nitrogen and oxygen atoms in total. The van der Waals surface area contributed by atoms with Crippen LogP contribution in [-0.2, 0) is 4.79 Å². The second-order valence-corrected chi connectivity index (χ2v) is 5.06. The van der Waals surface area contributed by atoms with Gasteiger partial charge in [-0.05, 0) is 31.4 Å². The largest absolute Gasteiger partial charge is 0.341 e. The van der Waals surface area contributed by atoms with Gasteiger partial charge in [-0.25, -0.2) is 0 Å². The summed E-state index contributed by atoms with van der Waals surface area (Å²) in [6, 6.07) is 10.5. The molecule has 3 heteroatoms. The molecule has 2 atom stereocenters. The number of hydrogen-bond donors (Lipinski definition) is 1. The van der Waals surface area contributed by atoms with E-state index in [0.717, 1.165) is 25.9 Å². The molecule has 1 N–H and O–H groups in total. The summed E-state index contributed by atoms with van der Waals surface area (Å²) < 4.78 is 0. The highest BCUT2D eigenvalue weighted by Gasteiger charge is 2.29. The molecule has 1 aromatic carbocycles. The molecule has 1 aromatic rings. The minimum absolute atomic E-state index is 0.0389. The Morgan fingerprint density at radius 2 is 2.11 bits per heavy atom. The quantitative estimate of drug-likeness (QED) is 0.862. The first-order chi connectivity index (χ1) is 8.72. The predicted octanol–water partition coefficient (Wildman–Crippen LogP) is 2.00. The summed E-state index contributed by atoms with van der Waals surface area (Å²) in [7, 11) is 1.86. The fourth-order valence-electron chi connectivity index (χ4n) is 2.53. The average molecular weight is 246 g/mol. The van der Waals surface area contributed by atoms with E-state index in [1.807, 2.05) is 18.0 Å². The van der Waals surface area contributed by atoms with E-state index in [9.17, 15) is 4.79 Å². The van der Waals surface area contributed by atoms with Gasteiger partial charge >= 0.3 is 0 Å². The maximum atomic E-state index is 11.9. The maximum Gasteiger partial charge on any atom is 0.239 e. The molecular weight excluding hydrogens is 224 g/mol. The Morgan fingerprint density at radius 3 is 2.72 bits per heavy atom. The molecule has 0 bridgehead atoms. The monoisotopic (exact) mass is 246 g/mol. The standard InChI is InChI=1S/C15H22N2O/c1-12(13-6-4-3-5-7-13)8-10-17-11-9-14(16-2)15(17)18/h3-7,12,14,16H,8-11H2,1-2H3. The number of carbonyl (C=O) groups is 1. The van der Waals surface area contributed by atoms with Crippen LogP contribution in [-0.4, -0.2) is 37.0 Å². The lowest BCUT2D eigenvalue weighted by atomic mass is 9.98. The van der Waals surface area contributed by atoms with E-state index in [2.05, 4.69) is 36.5 Å². The van der Waals surface area contributed by atoms with Crippen LogP contribution in [0.1, 0.15) is 31.2 Å². The van der Waals surface area contributed by atoms with Gasteiger partial charge in [0.15, 0.2) is 0 Å². The summed E-state index contributed by atoms with van der Waals surface area (Å²) in [5.41, 5.74) is 1.36. The molecule has 0 spiro atoms. The van der Waals surface area contributed by atoms with Crippen molar-refractivity contribution in [3.63, 3.8) is 0 Å². The fourth-order valence-corrected chi connectivity index (χ4v) is 2.53. The lowest BCUT2D eigenvalue weighted by molar-refractivity contribution is -0.129. The van der Waals surface area contributed by atoms with Crippen molar-refractivity contribution < 1.29 is 4.79 Å². The van der Waals surface area contributed by atoms with Crippen molar-refractivity contribution in [2.75, 3.05) is 20.1 Å². The molecular formula is C15H22N2O. The Balaban J connectivity index is 1.84. The van der Waals surface area contributed by atoms with Gasteiger partial charge in [-0.1, -0.05) is 37.3 Å². The van der Waals surface area contributed by atoms with Crippen molar-refractivity contribution in [1.82, 2.24) is 10.2 Å². The van der Waals surface area contributed by atoms with Crippen LogP contribution >= 0.6 is 0 Å². The molecule has 1 aliphatic rings. The Labute approximate surface area is 109 Å². The Hall–Kier alpha value is -1.35. The first-order valence-corrected chi connectivity index (χ1v) is 6.73. The van der Waals surface area contributed by atoms with E-state index in [-0.39, 0.29) is 11.9 Å². The van der Waals surface area contributed by atoms with Gasteiger partial charge in [0.2, 0.25) is 5.91 Å². The number of hydrogen-bond acceptors (Lipinski definition) is 2. The molecule has 2 rings (SSSR count). The van der Waals surface area contributed by atoms with Crippen LogP contribution in [0.25, 0.3) is 0 Å². The lowest BCUT2D eigenvalue weighted by Crippen LogP contribution is -2.36. The fraction of sp³-hybridized carbons (Fsp3) is 0.533. The maximum absolute atomic E-state index is 11.9. The molecule has 0 aromatic heterocycles. The molecule has 1 heterocycles. The van der Waals surface area contributed by atoms with E-state index >= 15 is 0 Å². The van der Waals surface area contributed by atoms with E-state index in [0.29, 0.717) is 5.92 Å². The zero-order chi connectivity index (χ0) is 13.0. The molecule has 1 fully saturated rings. The summed E-state index contributed by atoms with van der Waals surface area (Å²) >= 11 is 0. The topological polar surface area (TPSA) is 32.3 Å². The third-order valence-corrected chi connectivity index (χ3v) is 3.85. The number of likely N-dealkylation sites (N-methyl/N-ethyl adjacent to an activating group) is 1. The third kappa shape index (κ3) is 2.91. The van der Waals surface area contributed by atoms with Gasteiger partial charge < -0.3 is 10.2 Å². The highest BCUT2D eigenvalue weighted by atomic mass is 16.2. The number of rotatable bonds is 5. The molecule has 0 aliphatic carbocycles. The van der Waals surface area contributed by atoms with Gasteiger partial charge in [-0.15, -0.1) is 0 Å². The van der Waals surface area contributed by atoms with E-state index in [1.54, 1.807) is 0 Å². The molecule has 0 saturated carbocycles. The molecule has 18 heavy (non-hydrogen) atoms. The smallest absolute Gasteiger partial charge is 0.239 e. The van der Waals surface area contributed by atoms with E-state index in [4.69, 9.17) is 0 Å². The van der Waals surface area contributed by atoms with Crippen molar-refractivity contribution in [3.8, 4) is 0 Å². The summed E-state index contributed by atoms with van der Waals surface area (Å²) in [5, 5.41) is 3.07. The van der Waals surface area contributed by atoms with Crippen molar-refractivity contribution >= 4 is 5.91 Å². The third-order valence-electron chi connectivity index (χ3n) is 3.85. The van der Waals surface area contributed by atoms with Gasteiger partial charge in [0, 0.05) is 13.1 Å². The first kappa shape index (κ1) is 13.1. The van der Waals surface area contributed by atoms with Crippen molar-refractivity contribution in [1.29, 1.82) is 0 Å². The van der Waals surface area contributed by atoms with Crippen LogP contribution in [0.5, 0.6) is 0 Å².